The molecule has 0 amide bonds. The van der Waals surface area contributed by atoms with Crippen molar-refractivity contribution in [2.24, 2.45) is 0 Å². The summed E-state index contributed by atoms with van der Waals surface area (Å²) < 4.78 is 15.2. The van der Waals surface area contributed by atoms with Gasteiger partial charge in [0.05, 0.1) is 17.6 Å². The van der Waals surface area contributed by atoms with Gasteiger partial charge in [0.15, 0.2) is 17.3 Å². The molecule has 1 saturated heterocycles. The molecule has 5 heterocycles. The Morgan fingerprint density at radius 1 is 1.14 bits per heavy atom. The summed E-state index contributed by atoms with van der Waals surface area (Å²) in [5.41, 5.74) is 5.44. The molecule has 1 unspecified atom stereocenters. The zero-order chi connectivity index (χ0) is 25.4. The van der Waals surface area contributed by atoms with Gasteiger partial charge in [0.25, 0.3) is 0 Å². The number of aromatic nitrogens is 6. The number of anilines is 2. The summed E-state index contributed by atoms with van der Waals surface area (Å²) in [6.07, 6.45) is 9.49. The number of H-pyrrole nitrogens is 2. The molecule has 1 aliphatic heterocycles. The summed E-state index contributed by atoms with van der Waals surface area (Å²) in [5, 5.41) is 21.0. The van der Waals surface area contributed by atoms with E-state index in [9.17, 15) is 5.11 Å². The molecule has 190 valence electrons. The molecule has 0 spiro atoms. The minimum atomic E-state index is -0.668. The summed E-state index contributed by atoms with van der Waals surface area (Å²) in [5.74, 6) is 0.116. The molecule has 37 heavy (non-hydrogen) atoms. The Morgan fingerprint density at radius 2 is 2.00 bits per heavy atom. The lowest BCUT2D eigenvalue weighted by Gasteiger charge is -2.28. The molecule has 10 heteroatoms. The highest BCUT2D eigenvalue weighted by Gasteiger charge is 2.20. The van der Waals surface area contributed by atoms with Gasteiger partial charge in [-0.05, 0) is 55.5 Å². The molecule has 0 bridgehead atoms. The van der Waals surface area contributed by atoms with Crippen LogP contribution in [0.25, 0.3) is 44.7 Å². The first kappa shape index (κ1) is 23.4. The lowest BCUT2D eigenvalue weighted by atomic mass is 10.0. The number of rotatable bonds is 7. The van der Waals surface area contributed by atoms with Crippen molar-refractivity contribution in [3.63, 3.8) is 0 Å². The Balaban J connectivity index is 1.40. The van der Waals surface area contributed by atoms with Crippen LogP contribution < -0.4 is 10.2 Å². The van der Waals surface area contributed by atoms with E-state index >= 15 is 4.39 Å². The van der Waals surface area contributed by atoms with E-state index in [0.29, 0.717) is 40.2 Å². The van der Waals surface area contributed by atoms with Crippen LogP contribution in [0.3, 0.4) is 0 Å². The van der Waals surface area contributed by atoms with E-state index in [0.717, 1.165) is 36.3 Å². The Labute approximate surface area is 213 Å². The number of halogens is 1. The van der Waals surface area contributed by atoms with Crippen molar-refractivity contribution in [1.82, 2.24) is 30.1 Å². The van der Waals surface area contributed by atoms with Gasteiger partial charge >= 0.3 is 0 Å². The minimum Gasteiger partial charge on any atom is -0.374 e. The number of imidazole rings is 1. The average Bonchev–Trinajstić information content (AvgIpc) is 3.54. The topological polar surface area (TPSA) is 119 Å². The summed E-state index contributed by atoms with van der Waals surface area (Å²) in [6.45, 7) is 4.02. The molecule has 0 aliphatic carbocycles. The van der Waals surface area contributed by atoms with E-state index in [-0.39, 0.29) is 5.52 Å². The first-order valence-electron chi connectivity index (χ1n) is 12.8. The first-order valence-corrected chi connectivity index (χ1v) is 12.8. The number of benzene rings is 1. The third-order valence-corrected chi connectivity index (χ3v) is 6.88. The van der Waals surface area contributed by atoms with Crippen LogP contribution in [0, 0.1) is 5.82 Å². The van der Waals surface area contributed by atoms with Crippen LogP contribution in [-0.4, -0.2) is 54.6 Å². The lowest BCUT2D eigenvalue weighted by Crippen LogP contribution is -2.29. The zero-order valence-electron chi connectivity index (χ0n) is 20.6. The predicted molar refractivity (Wildman–Crippen MR) is 143 cm³/mol. The summed E-state index contributed by atoms with van der Waals surface area (Å²) in [7, 11) is 0. The van der Waals surface area contributed by atoms with Gasteiger partial charge in [0, 0.05) is 36.4 Å². The fraction of sp³-hybridized carbons (Fsp3) is 0.333. The molecule has 1 aliphatic rings. The molecule has 4 aromatic heterocycles. The minimum absolute atomic E-state index is 0.240. The van der Waals surface area contributed by atoms with Crippen LogP contribution >= 0.6 is 0 Å². The summed E-state index contributed by atoms with van der Waals surface area (Å²) in [6, 6.07) is 7.20. The number of hydrogen-bond acceptors (Lipinski definition) is 7. The molecule has 1 fully saturated rings. The standard InChI is InChI=1S/C27H29FN8O/c1-2-6-22(37)31-18-11-17(14-29-15-18)16-12-19-23(20(28)13-16)34-35-24(19)27-32-25-21(7-8-30-26(25)33-27)36-9-4-3-5-10-36/h7-8,11-15,22,31,37H,2-6,9-10H2,1H3,(H,34,35)(H,30,32,33). The SMILES string of the molecule is CCCC(O)Nc1cncc(-c2cc(F)c3n[nH]c(-c4nc5nccc(N6CCCCC6)c5[nH]4)c3c2)c1. The molecule has 1 aromatic carbocycles. The van der Waals surface area contributed by atoms with Crippen LogP contribution in [0.2, 0.25) is 0 Å². The number of nitrogens with one attached hydrogen (secondary N) is 3. The second kappa shape index (κ2) is 9.78. The van der Waals surface area contributed by atoms with Gasteiger partial charge in [-0.25, -0.2) is 14.4 Å². The Kier molecular flexibility index (Phi) is 6.17. The largest absolute Gasteiger partial charge is 0.374 e. The number of piperidine rings is 1. The number of pyridine rings is 2. The van der Waals surface area contributed by atoms with Gasteiger partial charge in [-0.2, -0.15) is 5.10 Å². The Hall–Kier alpha value is -4.05. The normalized spacial score (nSPS) is 14.9. The molecule has 4 N–H and O–H groups in total. The number of fused-ring (bicyclic) bond motifs is 2. The third-order valence-electron chi connectivity index (χ3n) is 6.88. The first-order chi connectivity index (χ1) is 18.1. The van der Waals surface area contributed by atoms with Gasteiger partial charge in [0.2, 0.25) is 0 Å². The van der Waals surface area contributed by atoms with Crippen LogP contribution in [0.4, 0.5) is 15.8 Å². The van der Waals surface area contributed by atoms with Crippen molar-refractivity contribution >= 4 is 33.4 Å². The highest BCUT2D eigenvalue weighted by atomic mass is 19.1. The van der Waals surface area contributed by atoms with Crippen molar-refractivity contribution in [1.29, 1.82) is 0 Å². The van der Waals surface area contributed by atoms with E-state index in [4.69, 9.17) is 4.98 Å². The fourth-order valence-electron chi connectivity index (χ4n) is 5.05. The van der Waals surface area contributed by atoms with Crippen LogP contribution in [0.5, 0.6) is 0 Å². The Morgan fingerprint density at radius 3 is 2.84 bits per heavy atom. The maximum absolute atomic E-state index is 15.2. The highest BCUT2D eigenvalue weighted by Crippen LogP contribution is 2.34. The summed E-state index contributed by atoms with van der Waals surface area (Å²) in [4.78, 5) is 19.3. The second-order valence-electron chi connectivity index (χ2n) is 9.53. The lowest BCUT2D eigenvalue weighted by molar-refractivity contribution is 0.192. The van der Waals surface area contributed by atoms with Gasteiger partial charge < -0.3 is 20.3 Å². The van der Waals surface area contributed by atoms with E-state index in [1.54, 1.807) is 18.6 Å². The summed E-state index contributed by atoms with van der Waals surface area (Å²) >= 11 is 0. The zero-order valence-corrected chi connectivity index (χ0v) is 20.6. The second-order valence-corrected chi connectivity index (χ2v) is 9.53. The van der Waals surface area contributed by atoms with E-state index in [1.165, 1.54) is 25.3 Å². The molecule has 0 radical (unpaired) electrons. The van der Waals surface area contributed by atoms with Crippen LogP contribution in [0.1, 0.15) is 39.0 Å². The predicted octanol–water partition coefficient (Wildman–Crippen LogP) is 5.22. The van der Waals surface area contributed by atoms with Crippen molar-refractivity contribution in [3.05, 3.63) is 48.7 Å². The Bertz CT molecular complexity index is 1560. The molecule has 1 atom stereocenters. The van der Waals surface area contributed by atoms with Crippen molar-refractivity contribution in [2.75, 3.05) is 23.3 Å². The van der Waals surface area contributed by atoms with Crippen LogP contribution in [-0.2, 0) is 0 Å². The maximum Gasteiger partial charge on any atom is 0.180 e. The third kappa shape index (κ3) is 4.48. The molecular formula is C27H29FN8O. The highest BCUT2D eigenvalue weighted by molar-refractivity contribution is 5.97. The number of aliphatic hydroxyl groups excluding tert-OH is 1. The molecule has 5 aromatic rings. The molecule has 0 saturated carbocycles. The van der Waals surface area contributed by atoms with E-state index in [1.807, 2.05) is 25.1 Å². The van der Waals surface area contributed by atoms with Crippen molar-refractivity contribution in [3.8, 4) is 22.6 Å². The molecule has 9 nitrogen and oxygen atoms in total. The van der Waals surface area contributed by atoms with Crippen molar-refractivity contribution < 1.29 is 9.50 Å². The molecule has 6 rings (SSSR count). The number of aromatic amines is 2. The van der Waals surface area contributed by atoms with Crippen molar-refractivity contribution in [2.45, 2.75) is 45.3 Å². The van der Waals surface area contributed by atoms with Gasteiger partial charge in [-0.15, -0.1) is 0 Å². The number of nitrogens with zero attached hydrogens (tertiary/aromatic N) is 5. The van der Waals surface area contributed by atoms with Gasteiger partial charge in [-0.3, -0.25) is 10.1 Å². The quantitative estimate of drug-likeness (QED) is 0.226. The smallest absolute Gasteiger partial charge is 0.180 e. The van der Waals surface area contributed by atoms with E-state index in [2.05, 4.69) is 35.4 Å². The molecular weight excluding hydrogens is 471 g/mol. The maximum atomic E-state index is 15.2. The number of hydrogen-bond donors (Lipinski definition) is 4. The van der Waals surface area contributed by atoms with Gasteiger partial charge in [-0.1, -0.05) is 13.3 Å². The van der Waals surface area contributed by atoms with Gasteiger partial charge in [0.1, 0.15) is 23.0 Å². The average molecular weight is 501 g/mol. The van der Waals surface area contributed by atoms with Crippen LogP contribution in [0.15, 0.2) is 42.9 Å². The fourth-order valence-corrected chi connectivity index (χ4v) is 5.05. The van der Waals surface area contributed by atoms with E-state index < -0.39 is 12.0 Å². The number of aliphatic hydroxyl groups is 1. The monoisotopic (exact) mass is 500 g/mol.